The molecular weight excluding hydrogens is 808 g/mol. The van der Waals surface area contributed by atoms with Crippen LogP contribution >= 0.6 is 23.5 Å². The maximum atomic E-state index is 12.2. The van der Waals surface area contributed by atoms with E-state index in [4.69, 9.17) is 4.55 Å². The van der Waals surface area contributed by atoms with Gasteiger partial charge in [0.25, 0.3) is 0 Å². The summed E-state index contributed by atoms with van der Waals surface area (Å²) in [6, 6.07) is 54.3. The summed E-state index contributed by atoms with van der Waals surface area (Å²) in [6.07, 6.45) is -7.13. The molecule has 1 N–H and O–H groups in total. The van der Waals surface area contributed by atoms with Crippen LogP contribution in [0.3, 0.4) is 0 Å². The van der Waals surface area contributed by atoms with Crippen molar-refractivity contribution in [3.8, 4) is 33.4 Å². The van der Waals surface area contributed by atoms with E-state index in [1.165, 1.54) is 58.5 Å². The lowest BCUT2D eigenvalue weighted by Gasteiger charge is -2.31. The van der Waals surface area contributed by atoms with Crippen LogP contribution in [-0.2, 0) is 10.1 Å². The predicted molar refractivity (Wildman–Crippen MR) is 201 cm³/mol. The van der Waals surface area contributed by atoms with Crippen LogP contribution in [-0.4, -0.2) is 36.2 Å². The van der Waals surface area contributed by atoms with Crippen LogP contribution in [0, 0.1) is 6.92 Å². The molecule has 0 aliphatic heterocycles. The summed E-state index contributed by atoms with van der Waals surface area (Å²) in [5.74, 6) is -14.7. The normalized spacial score (nSPS) is 12.5. The Morgan fingerprint density at radius 2 is 0.857 bits per heavy atom. The van der Waals surface area contributed by atoms with Crippen LogP contribution in [0.4, 0.5) is 39.5 Å². The van der Waals surface area contributed by atoms with Crippen molar-refractivity contribution in [1.82, 2.24) is 0 Å². The van der Waals surface area contributed by atoms with Crippen molar-refractivity contribution in [2.75, 3.05) is 0 Å². The fourth-order valence-corrected chi connectivity index (χ4v) is 7.49. The van der Waals surface area contributed by atoms with E-state index >= 15 is 0 Å². The van der Waals surface area contributed by atoms with Gasteiger partial charge in [0.15, 0.2) is 0 Å². The number of halogens is 9. The van der Waals surface area contributed by atoms with E-state index in [0.29, 0.717) is 0 Å². The van der Waals surface area contributed by atoms with Gasteiger partial charge in [-0.15, -0.1) is 0 Å². The summed E-state index contributed by atoms with van der Waals surface area (Å²) in [5.41, 5.74) is 8.79. The monoisotopic (exact) mass is 836 g/mol. The molecule has 0 unspecified atom stereocenters. The highest BCUT2D eigenvalue weighted by molar-refractivity contribution is 7.99. The maximum Gasteiger partial charge on any atom is 0.460 e. The SMILES string of the molecule is Cc1cc(Sc2ccc(-c3ccccc3-c3ccccc3)cc2)ccc1Sc1ccc(-c2ccccc2)cc1.O=S(=O)(O)C(F)(F)C(F)(F)C(F)(F)C(F)(F)F. The van der Waals surface area contributed by atoms with E-state index in [-0.39, 0.29) is 0 Å². The third kappa shape index (κ3) is 9.28. The molecule has 0 saturated carbocycles. The van der Waals surface area contributed by atoms with E-state index in [2.05, 4.69) is 159 Å². The first-order valence-corrected chi connectivity index (χ1v) is 19.3. The molecule has 0 amide bonds. The van der Waals surface area contributed by atoms with Gasteiger partial charge >= 0.3 is 33.4 Å². The quantitative estimate of drug-likeness (QED) is 0.110. The fourth-order valence-electron chi connectivity index (χ4n) is 5.24. The molecule has 0 heterocycles. The molecule has 0 radical (unpaired) electrons. The largest absolute Gasteiger partial charge is 0.460 e. The number of alkyl halides is 9. The first-order valence-electron chi connectivity index (χ1n) is 16.3. The minimum atomic E-state index is -7.37. The highest BCUT2D eigenvalue weighted by atomic mass is 32.2. The average Bonchev–Trinajstić information content (AvgIpc) is 3.16. The highest BCUT2D eigenvalue weighted by Gasteiger charge is 2.85. The summed E-state index contributed by atoms with van der Waals surface area (Å²) < 4.78 is 134. The Kier molecular flexibility index (Phi) is 12.7. The lowest BCUT2D eigenvalue weighted by Crippen LogP contribution is -2.63. The van der Waals surface area contributed by atoms with Gasteiger partial charge in [-0.3, -0.25) is 4.55 Å². The Morgan fingerprint density at radius 1 is 0.464 bits per heavy atom. The van der Waals surface area contributed by atoms with Crippen LogP contribution in [0.25, 0.3) is 33.4 Å². The molecule has 0 spiro atoms. The van der Waals surface area contributed by atoms with Crippen molar-refractivity contribution in [1.29, 1.82) is 0 Å². The van der Waals surface area contributed by atoms with Crippen molar-refractivity contribution in [3.63, 3.8) is 0 Å². The molecule has 0 fully saturated rings. The minimum Gasteiger partial charge on any atom is -0.281 e. The zero-order valence-electron chi connectivity index (χ0n) is 28.8. The third-order valence-electron chi connectivity index (χ3n) is 8.19. The molecule has 0 aliphatic carbocycles. The van der Waals surface area contributed by atoms with Gasteiger partial charge in [0.1, 0.15) is 0 Å². The number of hydrogen-bond donors (Lipinski definition) is 1. The van der Waals surface area contributed by atoms with Crippen LogP contribution < -0.4 is 0 Å². The molecule has 292 valence electrons. The van der Waals surface area contributed by atoms with Crippen LogP contribution in [0.15, 0.2) is 171 Å². The molecular formula is C41H29F9O3S3. The van der Waals surface area contributed by atoms with Crippen LogP contribution in [0.5, 0.6) is 0 Å². The Morgan fingerprint density at radius 3 is 1.32 bits per heavy atom. The summed E-state index contributed by atoms with van der Waals surface area (Å²) in [6.45, 7) is 2.20. The van der Waals surface area contributed by atoms with E-state index in [1.807, 2.05) is 23.5 Å². The van der Waals surface area contributed by atoms with Crippen LogP contribution in [0.1, 0.15) is 5.56 Å². The first-order chi connectivity index (χ1) is 26.2. The van der Waals surface area contributed by atoms with E-state index in [1.54, 1.807) is 0 Å². The molecule has 3 nitrogen and oxygen atoms in total. The van der Waals surface area contributed by atoms with Crippen molar-refractivity contribution in [3.05, 3.63) is 157 Å². The van der Waals surface area contributed by atoms with Crippen molar-refractivity contribution in [2.24, 2.45) is 0 Å². The molecule has 6 aromatic rings. The van der Waals surface area contributed by atoms with Gasteiger partial charge in [0.2, 0.25) is 0 Å². The number of hydrogen-bond acceptors (Lipinski definition) is 4. The molecule has 0 aliphatic rings. The Balaban J connectivity index is 0.000000300. The zero-order valence-corrected chi connectivity index (χ0v) is 31.3. The van der Waals surface area contributed by atoms with Gasteiger partial charge in [0.05, 0.1) is 0 Å². The van der Waals surface area contributed by atoms with Gasteiger partial charge < -0.3 is 0 Å². The molecule has 15 heteroatoms. The highest BCUT2D eigenvalue weighted by Crippen LogP contribution is 2.54. The lowest BCUT2D eigenvalue weighted by atomic mass is 9.95. The molecule has 6 rings (SSSR count). The molecule has 0 saturated heterocycles. The second-order valence-corrected chi connectivity index (χ2v) is 15.8. The molecule has 0 aromatic heterocycles. The van der Waals surface area contributed by atoms with E-state index in [9.17, 15) is 47.9 Å². The maximum absolute atomic E-state index is 12.2. The van der Waals surface area contributed by atoms with E-state index in [0.717, 1.165) is 0 Å². The van der Waals surface area contributed by atoms with Gasteiger partial charge in [-0.05, 0) is 88.3 Å². The lowest BCUT2D eigenvalue weighted by molar-refractivity contribution is -0.382. The Hall–Kier alpha value is -4.70. The van der Waals surface area contributed by atoms with Crippen LogP contribution in [0.2, 0.25) is 0 Å². The summed E-state index contributed by atoms with van der Waals surface area (Å²) >= 11 is 3.63. The van der Waals surface area contributed by atoms with Crippen molar-refractivity contribution >= 4 is 33.6 Å². The summed E-state index contributed by atoms with van der Waals surface area (Å²) in [4.78, 5) is 5.05. The number of benzene rings is 6. The predicted octanol–water partition coefficient (Wildman–Crippen LogP) is 13.6. The van der Waals surface area contributed by atoms with E-state index < -0.39 is 33.4 Å². The van der Waals surface area contributed by atoms with Gasteiger partial charge in [0, 0.05) is 19.6 Å². The fraction of sp³-hybridized carbons (Fsp3) is 0.122. The topological polar surface area (TPSA) is 54.4 Å². The smallest absolute Gasteiger partial charge is 0.281 e. The van der Waals surface area contributed by atoms with Crippen molar-refractivity contribution < 1.29 is 52.5 Å². The second-order valence-electron chi connectivity index (χ2n) is 12.1. The minimum absolute atomic E-state index is 1.24. The molecule has 6 aromatic carbocycles. The van der Waals surface area contributed by atoms with Gasteiger partial charge in [-0.2, -0.15) is 47.9 Å². The molecule has 0 atom stereocenters. The van der Waals surface area contributed by atoms with Crippen molar-refractivity contribution in [2.45, 2.75) is 49.8 Å². The standard InChI is InChI=1S/C37H28S2.C4HF9O3S/c1-27-26-34(24-25-37(27)39-33-20-16-29(17-21-33)28-10-4-2-5-11-28)38-32-22-18-31(19-23-32)36-15-9-8-14-35(36)30-12-6-3-7-13-30;5-1(6,3(9,10)11)2(7,8)4(12,13)17(14,15)16/h2-26H,1H3;(H,14,15,16). The third-order valence-corrected chi connectivity index (χ3v) is 11.3. The number of aryl methyl sites for hydroxylation is 1. The Labute approximate surface area is 325 Å². The summed E-state index contributed by atoms with van der Waals surface area (Å²) in [5, 5.41) is -7.00. The molecule has 56 heavy (non-hydrogen) atoms. The summed E-state index contributed by atoms with van der Waals surface area (Å²) in [7, 11) is -7.17. The average molecular weight is 837 g/mol. The molecule has 0 bridgehead atoms. The Bertz CT molecular complexity index is 2350. The first kappa shape index (κ1) is 42.4. The van der Waals surface area contributed by atoms with Gasteiger partial charge in [-0.1, -0.05) is 133 Å². The second kappa shape index (κ2) is 16.8. The number of rotatable bonds is 10. The zero-order chi connectivity index (χ0) is 40.9. The van der Waals surface area contributed by atoms with Gasteiger partial charge in [-0.25, -0.2) is 0 Å².